The van der Waals surface area contributed by atoms with Gasteiger partial charge >= 0.3 is 0 Å². The summed E-state index contributed by atoms with van der Waals surface area (Å²) in [6.07, 6.45) is 4.18. The molecule has 1 fully saturated rings. The molecule has 1 aliphatic carbocycles. The number of aromatic nitrogens is 3. The quantitative estimate of drug-likeness (QED) is 0.883. The van der Waals surface area contributed by atoms with Crippen LogP contribution in [-0.4, -0.2) is 45.2 Å². The third-order valence-electron chi connectivity index (χ3n) is 4.38. The van der Waals surface area contributed by atoms with Gasteiger partial charge in [-0.2, -0.15) is 0 Å². The molecule has 1 amide bonds. The summed E-state index contributed by atoms with van der Waals surface area (Å²) in [5.41, 5.74) is 0. The van der Waals surface area contributed by atoms with Gasteiger partial charge in [0.25, 0.3) is 0 Å². The number of fused-ring (bicyclic) bond motifs is 1. The van der Waals surface area contributed by atoms with Crippen LogP contribution < -0.4 is 5.32 Å². The van der Waals surface area contributed by atoms with Crippen molar-refractivity contribution in [1.29, 1.82) is 0 Å². The predicted octanol–water partition coefficient (Wildman–Crippen LogP) is 1.13. The number of nitrogens with zero attached hydrogens (tertiary/aromatic N) is 4. The molecule has 2 aliphatic rings. The second-order valence-electron chi connectivity index (χ2n) is 6.22. The SMILES string of the molecule is CCCN1CCc2nnc(C(C)NC(=O)C3CC3)n2CC1. The highest BCUT2D eigenvalue weighted by Crippen LogP contribution is 2.29. The Morgan fingerprint density at radius 1 is 1.33 bits per heavy atom. The normalized spacial score (nSPS) is 20.7. The third-order valence-corrected chi connectivity index (χ3v) is 4.38. The summed E-state index contributed by atoms with van der Waals surface area (Å²) in [6.45, 7) is 8.37. The van der Waals surface area contributed by atoms with Crippen LogP contribution >= 0.6 is 0 Å². The van der Waals surface area contributed by atoms with E-state index in [9.17, 15) is 4.79 Å². The maximum Gasteiger partial charge on any atom is 0.223 e. The van der Waals surface area contributed by atoms with Crippen molar-refractivity contribution in [3.05, 3.63) is 11.6 Å². The van der Waals surface area contributed by atoms with Gasteiger partial charge in [0.15, 0.2) is 5.82 Å². The molecular weight excluding hydrogens is 266 g/mol. The summed E-state index contributed by atoms with van der Waals surface area (Å²) < 4.78 is 2.20. The minimum atomic E-state index is -0.0583. The molecule has 6 nitrogen and oxygen atoms in total. The Hall–Kier alpha value is -1.43. The van der Waals surface area contributed by atoms with Crippen LogP contribution in [0, 0.1) is 5.92 Å². The van der Waals surface area contributed by atoms with Crippen LogP contribution in [-0.2, 0) is 17.8 Å². The highest BCUT2D eigenvalue weighted by atomic mass is 16.2. The average Bonchev–Trinajstić information content (AvgIpc) is 3.25. The number of amides is 1. The van der Waals surface area contributed by atoms with E-state index in [2.05, 4.69) is 31.9 Å². The molecular formula is C15H25N5O. The zero-order valence-electron chi connectivity index (χ0n) is 13.0. The van der Waals surface area contributed by atoms with Gasteiger partial charge in [-0.1, -0.05) is 6.92 Å². The number of carbonyl (C=O) groups excluding carboxylic acids is 1. The molecule has 2 heterocycles. The van der Waals surface area contributed by atoms with E-state index in [1.807, 2.05) is 6.92 Å². The number of carbonyl (C=O) groups is 1. The highest BCUT2D eigenvalue weighted by molar-refractivity contribution is 5.81. The largest absolute Gasteiger partial charge is 0.346 e. The summed E-state index contributed by atoms with van der Waals surface area (Å²) in [6, 6.07) is -0.0583. The molecule has 0 saturated heterocycles. The number of hydrogen-bond acceptors (Lipinski definition) is 4. The average molecular weight is 291 g/mol. The minimum Gasteiger partial charge on any atom is -0.346 e. The molecule has 116 valence electrons. The van der Waals surface area contributed by atoms with Gasteiger partial charge in [0.05, 0.1) is 6.04 Å². The van der Waals surface area contributed by atoms with Crippen molar-refractivity contribution in [2.75, 3.05) is 19.6 Å². The van der Waals surface area contributed by atoms with Crippen molar-refractivity contribution in [3.63, 3.8) is 0 Å². The second kappa shape index (κ2) is 6.13. The van der Waals surface area contributed by atoms with Crippen LogP contribution in [0.4, 0.5) is 0 Å². The first-order chi connectivity index (χ1) is 10.2. The first-order valence-electron chi connectivity index (χ1n) is 8.13. The fourth-order valence-electron chi connectivity index (χ4n) is 2.99. The van der Waals surface area contributed by atoms with Crippen LogP contribution in [0.5, 0.6) is 0 Å². The van der Waals surface area contributed by atoms with Gasteiger partial charge in [-0.15, -0.1) is 10.2 Å². The van der Waals surface area contributed by atoms with Crippen LogP contribution in [0.15, 0.2) is 0 Å². The minimum absolute atomic E-state index is 0.0583. The molecule has 6 heteroatoms. The molecule has 1 N–H and O–H groups in total. The number of rotatable bonds is 5. The van der Waals surface area contributed by atoms with Gasteiger partial charge in [0.1, 0.15) is 5.82 Å². The maximum absolute atomic E-state index is 11.9. The molecule has 1 aliphatic heterocycles. The predicted molar refractivity (Wildman–Crippen MR) is 79.7 cm³/mol. The van der Waals surface area contributed by atoms with E-state index in [0.29, 0.717) is 0 Å². The van der Waals surface area contributed by atoms with Crippen molar-refractivity contribution >= 4 is 5.91 Å². The van der Waals surface area contributed by atoms with E-state index in [4.69, 9.17) is 0 Å². The Morgan fingerprint density at radius 2 is 2.14 bits per heavy atom. The summed E-state index contributed by atoms with van der Waals surface area (Å²) in [5, 5.41) is 11.7. The monoisotopic (exact) mass is 291 g/mol. The molecule has 1 unspecified atom stereocenters. The maximum atomic E-state index is 11.9. The highest BCUT2D eigenvalue weighted by Gasteiger charge is 2.31. The molecule has 0 aromatic carbocycles. The zero-order chi connectivity index (χ0) is 14.8. The molecule has 0 spiro atoms. The third kappa shape index (κ3) is 3.26. The fraction of sp³-hybridized carbons (Fsp3) is 0.800. The van der Waals surface area contributed by atoms with Crippen molar-refractivity contribution in [2.24, 2.45) is 5.92 Å². The summed E-state index contributed by atoms with van der Waals surface area (Å²) >= 11 is 0. The molecule has 0 radical (unpaired) electrons. The summed E-state index contributed by atoms with van der Waals surface area (Å²) in [5.74, 6) is 2.36. The molecule has 1 saturated carbocycles. The van der Waals surface area contributed by atoms with Gasteiger partial charge in [-0.05, 0) is 32.7 Å². The summed E-state index contributed by atoms with van der Waals surface area (Å²) in [4.78, 5) is 14.4. The number of hydrogen-bond donors (Lipinski definition) is 1. The second-order valence-corrected chi connectivity index (χ2v) is 6.22. The standard InChI is InChI=1S/C15H25N5O/c1-3-7-19-8-6-13-17-18-14(20(13)10-9-19)11(2)16-15(21)12-4-5-12/h11-12H,3-10H2,1-2H3,(H,16,21). The van der Waals surface area contributed by atoms with Gasteiger partial charge in [0.2, 0.25) is 5.91 Å². The molecule has 1 atom stereocenters. The van der Waals surface area contributed by atoms with E-state index >= 15 is 0 Å². The Balaban J connectivity index is 1.68. The smallest absolute Gasteiger partial charge is 0.223 e. The Kier molecular flexibility index (Phi) is 4.24. The number of nitrogens with one attached hydrogen (secondary N) is 1. The Morgan fingerprint density at radius 3 is 2.86 bits per heavy atom. The first-order valence-corrected chi connectivity index (χ1v) is 8.13. The lowest BCUT2D eigenvalue weighted by Crippen LogP contribution is -2.31. The lowest BCUT2D eigenvalue weighted by molar-refractivity contribution is -0.123. The van der Waals surface area contributed by atoms with Crippen molar-refractivity contribution < 1.29 is 4.79 Å². The van der Waals surface area contributed by atoms with Crippen molar-refractivity contribution in [3.8, 4) is 0 Å². The van der Waals surface area contributed by atoms with Crippen molar-refractivity contribution in [2.45, 2.75) is 52.1 Å². The van der Waals surface area contributed by atoms with E-state index in [1.165, 1.54) is 6.42 Å². The topological polar surface area (TPSA) is 63.1 Å². The van der Waals surface area contributed by atoms with Gasteiger partial charge < -0.3 is 14.8 Å². The van der Waals surface area contributed by atoms with Crippen molar-refractivity contribution in [1.82, 2.24) is 25.0 Å². The molecule has 1 aromatic rings. The van der Waals surface area contributed by atoms with E-state index in [1.54, 1.807) is 0 Å². The Labute approximate surface area is 125 Å². The van der Waals surface area contributed by atoms with Gasteiger partial charge in [0, 0.05) is 32.0 Å². The van der Waals surface area contributed by atoms with E-state index in [0.717, 1.165) is 57.1 Å². The molecule has 3 rings (SSSR count). The fourth-order valence-corrected chi connectivity index (χ4v) is 2.99. The lowest BCUT2D eigenvalue weighted by atomic mass is 10.2. The van der Waals surface area contributed by atoms with Crippen LogP contribution in [0.25, 0.3) is 0 Å². The molecule has 21 heavy (non-hydrogen) atoms. The zero-order valence-corrected chi connectivity index (χ0v) is 13.0. The lowest BCUT2D eigenvalue weighted by Gasteiger charge is -2.19. The van der Waals surface area contributed by atoms with E-state index in [-0.39, 0.29) is 17.9 Å². The Bertz CT molecular complexity index is 508. The molecule has 1 aromatic heterocycles. The van der Waals surface area contributed by atoms with Crippen LogP contribution in [0.1, 0.15) is 50.8 Å². The first kappa shape index (κ1) is 14.5. The van der Waals surface area contributed by atoms with Gasteiger partial charge in [-0.3, -0.25) is 4.79 Å². The van der Waals surface area contributed by atoms with Gasteiger partial charge in [-0.25, -0.2) is 0 Å². The summed E-state index contributed by atoms with van der Waals surface area (Å²) in [7, 11) is 0. The molecule has 0 bridgehead atoms. The van der Waals surface area contributed by atoms with Crippen LogP contribution in [0.2, 0.25) is 0 Å². The van der Waals surface area contributed by atoms with E-state index < -0.39 is 0 Å². The van der Waals surface area contributed by atoms with Crippen LogP contribution in [0.3, 0.4) is 0 Å².